The molecule has 8 amide bonds. The van der Waals surface area contributed by atoms with E-state index in [1.54, 1.807) is 13.8 Å². The molecule has 1 aromatic heterocycles. The summed E-state index contributed by atoms with van der Waals surface area (Å²) in [5, 5.41) is 38.0. The molecule has 0 radical (unpaired) electrons. The van der Waals surface area contributed by atoms with Crippen LogP contribution in [0.4, 0.5) is 0 Å². The number of guanidine groups is 1. The van der Waals surface area contributed by atoms with Gasteiger partial charge in [0, 0.05) is 37.8 Å². The number of aromatic hydroxyl groups is 1. The van der Waals surface area contributed by atoms with Crippen molar-refractivity contribution in [3.05, 3.63) is 48.0 Å². The number of carboxylic acids is 1. The molecule has 74 heavy (non-hydrogen) atoms. The predicted octanol–water partition coefficient (Wildman–Crippen LogP) is -4.07. The number of amides is 8. The largest absolute Gasteiger partial charge is 0.508 e. The highest BCUT2D eigenvalue weighted by Crippen LogP contribution is 2.21. The van der Waals surface area contributed by atoms with Gasteiger partial charge in [0.05, 0.1) is 19.4 Å². The fraction of sp³-hybridized carbons (Fsp3) is 0.596. The highest BCUT2D eigenvalue weighted by Gasteiger charge is 2.40. The minimum atomic E-state index is -1.44. The first-order valence-electron chi connectivity index (χ1n) is 24.8. The molecule has 20 N–H and O–H groups in total. The number of unbranched alkanes of at least 4 members (excludes halogenated alkanes) is 2. The summed E-state index contributed by atoms with van der Waals surface area (Å²) < 4.78 is 0. The molecule has 0 saturated carbocycles. The number of imidazole rings is 1. The molecule has 7 atom stereocenters. The van der Waals surface area contributed by atoms with E-state index in [0.717, 1.165) is 0 Å². The van der Waals surface area contributed by atoms with Gasteiger partial charge in [-0.25, -0.2) is 9.78 Å². The van der Waals surface area contributed by atoms with Gasteiger partial charge in [0.25, 0.3) is 0 Å². The zero-order chi connectivity index (χ0) is 54.7. The number of nitrogens with zero attached hydrogens (tertiary/aromatic N) is 3. The normalized spacial score (nSPS) is 15.5. The third-order valence-corrected chi connectivity index (χ3v) is 12.1. The van der Waals surface area contributed by atoms with Crippen molar-refractivity contribution in [3.63, 3.8) is 0 Å². The van der Waals surface area contributed by atoms with Gasteiger partial charge in [-0.3, -0.25) is 43.3 Å². The van der Waals surface area contributed by atoms with Crippen molar-refractivity contribution in [2.24, 2.45) is 39.6 Å². The van der Waals surface area contributed by atoms with E-state index in [9.17, 15) is 53.4 Å². The molecule has 27 nitrogen and oxygen atoms in total. The standard InChI is InChI=1S/C47H76N16O11/c1-27(2)39(62-38(66)25-55-37(65)23-50)44(71)58-31(9-3-5-17-48)40(67)59-33(10-4-6-18-49)45(72)63-20-8-12-36(63)43(70)60-34(22-29-24-53-26-56-29)42(69)57-32(11-7-19-54-47(51)52)41(68)61-35(46(73)74)21-28-13-15-30(64)16-14-28/h13-16,24,26-27,31-36,39,64H,3-12,17-23,25,48-50H2,1-2H3,(H,53,56)(H,55,65)(H,57,69)(H,58,71)(H,59,67)(H,60,70)(H,61,68)(H,62,66)(H,73,74)(H4,51,52,54)/t31-,32-,33-,34-,35-,36-,39-/m0/s1. The average molecular weight is 1040 g/mol. The fourth-order valence-corrected chi connectivity index (χ4v) is 8.04. The Morgan fingerprint density at radius 3 is 1.88 bits per heavy atom. The zero-order valence-corrected chi connectivity index (χ0v) is 42.1. The minimum Gasteiger partial charge on any atom is -0.508 e. The smallest absolute Gasteiger partial charge is 0.326 e. The number of hydrogen-bond donors (Lipinski definition) is 15. The van der Waals surface area contributed by atoms with Gasteiger partial charge in [-0.15, -0.1) is 0 Å². The molecule has 1 aromatic carbocycles. The Balaban J connectivity index is 1.87. The van der Waals surface area contributed by atoms with Gasteiger partial charge in [-0.05, 0) is 101 Å². The first-order valence-corrected chi connectivity index (χ1v) is 24.8. The highest BCUT2D eigenvalue weighted by molar-refractivity contribution is 5.98. The van der Waals surface area contributed by atoms with Crippen LogP contribution in [0.3, 0.4) is 0 Å². The number of carbonyl (C=O) groups excluding carboxylic acids is 8. The number of likely N-dealkylation sites (tertiary alicyclic amines) is 1. The molecule has 3 rings (SSSR count). The summed E-state index contributed by atoms with van der Waals surface area (Å²) in [6.07, 6.45) is 5.22. The van der Waals surface area contributed by atoms with E-state index in [4.69, 9.17) is 28.7 Å². The van der Waals surface area contributed by atoms with Crippen LogP contribution in [0.25, 0.3) is 0 Å². The van der Waals surface area contributed by atoms with Crippen LogP contribution in [-0.2, 0) is 56.0 Å². The Kier molecular flexibility index (Phi) is 26.3. The molecule has 2 heterocycles. The van der Waals surface area contributed by atoms with E-state index in [2.05, 4.69) is 52.2 Å². The lowest BCUT2D eigenvalue weighted by atomic mass is 10.0. The number of aromatic amines is 1. The van der Waals surface area contributed by atoms with Crippen molar-refractivity contribution in [2.45, 2.75) is 133 Å². The SMILES string of the molecule is CC(C)[C@H](NC(=O)CNC(=O)CN)C(=O)N[C@@H](CCCCN)C(=O)N[C@@H](CCCCN)C(=O)N1CCC[C@H]1C(=O)N[C@@H](Cc1cnc[nH]1)C(=O)N[C@@H](CCCN=C(N)N)C(=O)N[C@@H](Cc1ccc(O)cc1)C(=O)O. The summed E-state index contributed by atoms with van der Waals surface area (Å²) in [4.78, 5) is 134. The lowest BCUT2D eigenvalue weighted by Crippen LogP contribution is -2.60. The summed E-state index contributed by atoms with van der Waals surface area (Å²) in [6.45, 7) is 3.36. The van der Waals surface area contributed by atoms with Crippen LogP contribution in [-0.4, -0.2) is 166 Å². The Morgan fingerprint density at radius 1 is 0.730 bits per heavy atom. The number of nitrogens with one attached hydrogen (secondary N) is 8. The number of aliphatic carboxylic acids is 1. The lowest BCUT2D eigenvalue weighted by Gasteiger charge is -2.31. The molecule has 410 valence electrons. The molecular weight excluding hydrogens is 965 g/mol. The number of carboxylic acid groups (broad SMARTS) is 1. The van der Waals surface area contributed by atoms with Gasteiger partial charge >= 0.3 is 5.97 Å². The predicted molar refractivity (Wildman–Crippen MR) is 271 cm³/mol. The number of aliphatic imine (C=N–C) groups is 1. The van der Waals surface area contributed by atoms with Crippen LogP contribution in [0.2, 0.25) is 0 Å². The summed E-state index contributed by atoms with van der Waals surface area (Å²) >= 11 is 0. The fourth-order valence-electron chi connectivity index (χ4n) is 8.04. The molecular formula is C47H76N16O11. The number of aromatic nitrogens is 2. The number of benzene rings is 1. The molecule has 0 aliphatic carbocycles. The number of carbonyl (C=O) groups is 9. The second-order valence-corrected chi connectivity index (χ2v) is 18.3. The summed E-state index contributed by atoms with van der Waals surface area (Å²) in [7, 11) is 0. The van der Waals surface area contributed by atoms with E-state index in [1.807, 2.05) is 0 Å². The zero-order valence-electron chi connectivity index (χ0n) is 42.1. The Morgan fingerprint density at radius 2 is 1.31 bits per heavy atom. The second kappa shape index (κ2) is 31.9. The van der Waals surface area contributed by atoms with Gasteiger partial charge in [0.2, 0.25) is 47.3 Å². The Hall–Kier alpha value is -7.39. The number of nitrogens with two attached hydrogens (primary N) is 5. The van der Waals surface area contributed by atoms with Crippen LogP contribution in [0.15, 0.2) is 41.8 Å². The molecule has 0 unspecified atom stereocenters. The summed E-state index contributed by atoms with van der Waals surface area (Å²) in [6, 6.07) is -3.02. The molecule has 1 fully saturated rings. The third-order valence-electron chi connectivity index (χ3n) is 12.1. The summed E-state index contributed by atoms with van der Waals surface area (Å²) in [5.74, 6) is -7.67. The van der Waals surface area contributed by atoms with Gasteiger partial charge in [-0.2, -0.15) is 0 Å². The van der Waals surface area contributed by atoms with E-state index >= 15 is 0 Å². The van der Waals surface area contributed by atoms with E-state index in [1.165, 1.54) is 41.7 Å². The maximum absolute atomic E-state index is 14.6. The van der Waals surface area contributed by atoms with Gasteiger partial charge in [-0.1, -0.05) is 26.0 Å². The maximum atomic E-state index is 14.6. The minimum absolute atomic E-state index is 0.0387. The Labute approximate surface area is 429 Å². The quantitative estimate of drug-likeness (QED) is 0.0184. The van der Waals surface area contributed by atoms with Crippen LogP contribution in [0.1, 0.15) is 89.3 Å². The third kappa shape index (κ3) is 21.0. The molecule has 2 aromatic rings. The van der Waals surface area contributed by atoms with Crippen LogP contribution in [0.5, 0.6) is 5.75 Å². The van der Waals surface area contributed by atoms with Crippen molar-refractivity contribution >= 4 is 59.2 Å². The van der Waals surface area contributed by atoms with Crippen molar-refractivity contribution < 1.29 is 53.4 Å². The first-order chi connectivity index (χ1) is 35.3. The van der Waals surface area contributed by atoms with Crippen molar-refractivity contribution in [3.8, 4) is 5.75 Å². The lowest BCUT2D eigenvalue weighted by molar-refractivity contribution is -0.143. The average Bonchev–Trinajstić information content (AvgIpc) is 4.08. The van der Waals surface area contributed by atoms with Crippen molar-refractivity contribution in [2.75, 3.05) is 39.3 Å². The van der Waals surface area contributed by atoms with E-state index < -0.39 is 108 Å². The highest BCUT2D eigenvalue weighted by atomic mass is 16.4. The van der Waals surface area contributed by atoms with E-state index in [-0.39, 0.29) is 82.8 Å². The molecule has 0 spiro atoms. The maximum Gasteiger partial charge on any atom is 0.326 e. The number of phenols is 1. The number of hydrogen-bond acceptors (Lipinski definition) is 15. The molecule has 1 aliphatic rings. The molecule has 0 bridgehead atoms. The van der Waals surface area contributed by atoms with Gasteiger partial charge in [0.1, 0.15) is 48.0 Å². The summed E-state index contributed by atoms with van der Waals surface area (Å²) in [5.41, 5.74) is 28.7. The van der Waals surface area contributed by atoms with Crippen molar-refractivity contribution in [1.82, 2.24) is 52.1 Å². The second-order valence-electron chi connectivity index (χ2n) is 18.3. The van der Waals surface area contributed by atoms with Gasteiger partial charge < -0.3 is 86.0 Å². The van der Waals surface area contributed by atoms with Crippen LogP contribution >= 0.6 is 0 Å². The topological polar surface area (TPSA) is 453 Å². The monoisotopic (exact) mass is 1040 g/mol. The van der Waals surface area contributed by atoms with Gasteiger partial charge in [0.15, 0.2) is 5.96 Å². The van der Waals surface area contributed by atoms with Crippen LogP contribution < -0.4 is 65.9 Å². The van der Waals surface area contributed by atoms with Crippen LogP contribution in [0, 0.1) is 5.92 Å². The molecule has 1 aliphatic heterocycles. The number of rotatable bonds is 33. The molecule has 27 heteroatoms. The number of phenolic OH excluding ortho intramolecular Hbond substituents is 1. The first kappa shape index (κ1) is 60.9. The molecule has 1 saturated heterocycles. The Bertz CT molecular complexity index is 2190. The van der Waals surface area contributed by atoms with E-state index in [0.29, 0.717) is 49.9 Å². The number of H-pyrrole nitrogens is 1. The van der Waals surface area contributed by atoms with Crippen molar-refractivity contribution in [1.29, 1.82) is 0 Å².